The highest BCUT2D eigenvalue weighted by atomic mass is 16.3. The van der Waals surface area contributed by atoms with Gasteiger partial charge in [0, 0.05) is 38.0 Å². The van der Waals surface area contributed by atoms with Gasteiger partial charge in [-0.15, -0.1) is 4.57 Å². The second-order valence-corrected chi connectivity index (χ2v) is 6.48. The number of benzene rings is 3. The SMILES string of the molecule is Cc1cc2nc3ccc(N(C)C)cc3[n+](-c3ccccc3)c2cc1O. The van der Waals surface area contributed by atoms with E-state index in [1.54, 1.807) is 6.07 Å². The minimum Gasteiger partial charge on any atom is -0.507 e. The van der Waals surface area contributed by atoms with Gasteiger partial charge in [0.1, 0.15) is 16.8 Å². The van der Waals surface area contributed by atoms with Gasteiger partial charge in [0.05, 0.1) is 6.07 Å². The van der Waals surface area contributed by atoms with Crippen LogP contribution in [0.25, 0.3) is 27.8 Å². The van der Waals surface area contributed by atoms with E-state index in [1.165, 1.54) is 0 Å². The van der Waals surface area contributed by atoms with E-state index in [0.717, 1.165) is 39.0 Å². The van der Waals surface area contributed by atoms with Crippen LogP contribution in [0.5, 0.6) is 5.75 Å². The Kier molecular flexibility index (Phi) is 3.53. The third kappa shape index (κ3) is 2.56. The summed E-state index contributed by atoms with van der Waals surface area (Å²) in [7, 11) is 4.05. The molecule has 0 saturated heterocycles. The Morgan fingerprint density at radius 3 is 2.32 bits per heavy atom. The van der Waals surface area contributed by atoms with Crippen LogP contribution < -0.4 is 9.47 Å². The zero-order valence-corrected chi connectivity index (χ0v) is 14.6. The van der Waals surface area contributed by atoms with Crippen molar-refractivity contribution >= 4 is 27.8 Å². The molecular formula is C21H20N3O+. The number of phenolic OH excluding ortho intramolecular Hbond substituents is 1. The number of rotatable bonds is 2. The minimum absolute atomic E-state index is 0.280. The van der Waals surface area contributed by atoms with Gasteiger partial charge in [-0.1, -0.05) is 18.2 Å². The van der Waals surface area contributed by atoms with Crippen molar-refractivity contribution in [2.75, 3.05) is 19.0 Å². The van der Waals surface area contributed by atoms with E-state index in [0.29, 0.717) is 0 Å². The van der Waals surface area contributed by atoms with Crippen LogP contribution in [0.1, 0.15) is 5.56 Å². The van der Waals surface area contributed by atoms with Crippen molar-refractivity contribution in [3.63, 3.8) is 0 Å². The van der Waals surface area contributed by atoms with Crippen LogP contribution in [0.2, 0.25) is 0 Å². The molecule has 4 heteroatoms. The zero-order chi connectivity index (χ0) is 17.6. The molecule has 25 heavy (non-hydrogen) atoms. The molecule has 0 amide bonds. The summed E-state index contributed by atoms with van der Waals surface area (Å²) in [6.45, 7) is 1.89. The molecule has 0 saturated carbocycles. The molecule has 0 bridgehead atoms. The number of aromatic nitrogens is 2. The van der Waals surface area contributed by atoms with Gasteiger partial charge in [-0.05, 0) is 30.7 Å². The number of aromatic hydroxyl groups is 1. The van der Waals surface area contributed by atoms with Gasteiger partial charge in [0.2, 0.25) is 16.7 Å². The van der Waals surface area contributed by atoms with Gasteiger partial charge in [-0.25, -0.2) is 4.98 Å². The Morgan fingerprint density at radius 2 is 1.60 bits per heavy atom. The number of hydrogen-bond donors (Lipinski definition) is 1. The lowest BCUT2D eigenvalue weighted by atomic mass is 10.1. The first-order valence-electron chi connectivity index (χ1n) is 8.26. The predicted octanol–water partition coefficient (Wildman–Crippen LogP) is 3.74. The van der Waals surface area contributed by atoms with Crippen LogP contribution in [-0.2, 0) is 0 Å². The minimum atomic E-state index is 0.280. The molecule has 124 valence electrons. The normalized spacial score (nSPS) is 11.2. The monoisotopic (exact) mass is 330 g/mol. The predicted molar refractivity (Wildman–Crippen MR) is 102 cm³/mol. The van der Waals surface area contributed by atoms with Crippen LogP contribution in [0.3, 0.4) is 0 Å². The number of anilines is 1. The van der Waals surface area contributed by atoms with Gasteiger partial charge in [0.25, 0.3) is 0 Å². The van der Waals surface area contributed by atoms with Crippen LogP contribution in [-0.4, -0.2) is 24.2 Å². The van der Waals surface area contributed by atoms with Gasteiger partial charge in [-0.3, -0.25) is 0 Å². The molecule has 4 nitrogen and oxygen atoms in total. The average molecular weight is 330 g/mol. The first kappa shape index (κ1) is 15.4. The highest BCUT2D eigenvalue weighted by Gasteiger charge is 2.21. The van der Waals surface area contributed by atoms with E-state index < -0.39 is 0 Å². The number of hydrogen-bond acceptors (Lipinski definition) is 3. The van der Waals surface area contributed by atoms with Gasteiger partial charge >= 0.3 is 0 Å². The third-order valence-corrected chi connectivity index (χ3v) is 4.51. The first-order chi connectivity index (χ1) is 12.0. The smallest absolute Gasteiger partial charge is 0.241 e. The summed E-state index contributed by atoms with van der Waals surface area (Å²) < 4.78 is 2.16. The Morgan fingerprint density at radius 1 is 0.880 bits per heavy atom. The Hall–Kier alpha value is -3.14. The number of nitrogens with zero attached hydrogens (tertiary/aromatic N) is 3. The highest BCUT2D eigenvalue weighted by Crippen LogP contribution is 2.26. The van der Waals surface area contributed by atoms with Crippen molar-refractivity contribution in [2.24, 2.45) is 0 Å². The first-order valence-corrected chi connectivity index (χ1v) is 8.26. The lowest BCUT2D eigenvalue weighted by Crippen LogP contribution is -2.33. The summed E-state index contributed by atoms with van der Waals surface area (Å²) in [5, 5.41) is 10.3. The molecule has 3 aromatic carbocycles. The molecule has 4 rings (SSSR count). The molecule has 1 N–H and O–H groups in total. The summed E-state index contributed by atoms with van der Waals surface area (Å²) in [5.41, 5.74) is 6.65. The van der Waals surface area contributed by atoms with Crippen LogP contribution in [0.15, 0.2) is 60.7 Å². The Bertz CT molecular complexity index is 1090. The maximum Gasteiger partial charge on any atom is 0.241 e. The average Bonchev–Trinajstić information content (AvgIpc) is 2.61. The van der Waals surface area contributed by atoms with Crippen molar-refractivity contribution in [1.82, 2.24) is 4.98 Å². The summed E-state index contributed by atoms with van der Waals surface area (Å²) >= 11 is 0. The van der Waals surface area contributed by atoms with E-state index in [-0.39, 0.29) is 5.75 Å². The molecule has 0 aliphatic heterocycles. The van der Waals surface area contributed by atoms with Crippen molar-refractivity contribution in [2.45, 2.75) is 6.92 Å². The summed E-state index contributed by atoms with van der Waals surface area (Å²) in [6.07, 6.45) is 0. The molecule has 4 aromatic rings. The molecule has 0 spiro atoms. The lowest BCUT2D eigenvalue weighted by molar-refractivity contribution is -0.538. The fraction of sp³-hybridized carbons (Fsp3) is 0.143. The number of fused-ring (bicyclic) bond motifs is 2. The Balaban J connectivity index is 2.20. The molecule has 1 heterocycles. The molecule has 1 aromatic heterocycles. The molecule has 0 fully saturated rings. The summed E-state index contributed by atoms with van der Waals surface area (Å²) in [6, 6.07) is 20.2. The van der Waals surface area contributed by atoms with Crippen molar-refractivity contribution in [3.05, 3.63) is 66.2 Å². The second kappa shape index (κ2) is 5.74. The van der Waals surface area contributed by atoms with E-state index >= 15 is 0 Å². The van der Waals surface area contributed by atoms with E-state index in [1.807, 2.05) is 51.4 Å². The molecule has 0 atom stereocenters. The molecule has 0 radical (unpaired) electrons. The van der Waals surface area contributed by atoms with E-state index in [2.05, 4.69) is 33.7 Å². The zero-order valence-electron chi connectivity index (χ0n) is 14.6. The standard InChI is InChI=1S/C21H19N3O/c1-14-11-18-20(13-21(14)25)24(15-7-5-4-6-8-15)19-12-16(23(2)3)9-10-17(19)22-18/h4-13H,1-3H3/p+1. The van der Waals surface area contributed by atoms with Gasteiger partial charge < -0.3 is 10.0 Å². The highest BCUT2D eigenvalue weighted by molar-refractivity contribution is 5.85. The molecule has 0 aliphatic rings. The van der Waals surface area contributed by atoms with E-state index in [9.17, 15) is 5.11 Å². The third-order valence-electron chi connectivity index (χ3n) is 4.51. The van der Waals surface area contributed by atoms with Gasteiger partial charge in [-0.2, -0.15) is 0 Å². The maximum atomic E-state index is 10.3. The summed E-state index contributed by atoms with van der Waals surface area (Å²) in [5.74, 6) is 0.280. The lowest BCUT2D eigenvalue weighted by Gasteiger charge is -2.13. The van der Waals surface area contributed by atoms with E-state index in [4.69, 9.17) is 4.98 Å². The fourth-order valence-electron chi connectivity index (χ4n) is 3.12. The number of para-hydroxylation sites is 1. The van der Waals surface area contributed by atoms with Crippen molar-refractivity contribution < 1.29 is 9.67 Å². The van der Waals surface area contributed by atoms with Gasteiger partial charge in [0.15, 0.2) is 0 Å². The maximum absolute atomic E-state index is 10.3. The second-order valence-electron chi connectivity index (χ2n) is 6.48. The van der Waals surface area contributed by atoms with Crippen LogP contribution in [0.4, 0.5) is 5.69 Å². The quantitative estimate of drug-likeness (QED) is 0.449. The largest absolute Gasteiger partial charge is 0.507 e. The fourth-order valence-corrected chi connectivity index (χ4v) is 3.12. The number of aryl methyl sites for hydroxylation is 1. The molecule has 0 unspecified atom stereocenters. The van der Waals surface area contributed by atoms with Crippen molar-refractivity contribution in [3.8, 4) is 11.4 Å². The molecule has 0 aliphatic carbocycles. The Labute approximate surface area is 146 Å². The summed E-state index contributed by atoms with van der Waals surface area (Å²) in [4.78, 5) is 6.89. The molecular weight excluding hydrogens is 310 g/mol. The van der Waals surface area contributed by atoms with Crippen LogP contribution >= 0.6 is 0 Å². The van der Waals surface area contributed by atoms with Crippen molar-refractivity contribution in [1.29, 1.82) is 0 Å². The topological polar surface area (TPSA) is 40.2 Å². The number of phenols is 1. The van der Waals surface area contributed by atoms with Crippen LogP contribution in [0, 0.1) is 6.92 Å².